The molecule has 1 aliphatic heterocycles. The van der Waals surface area contributed by atoms with Crippen molar-refractivity contribution in [2.75, 3.05) is 12.8 Å². The Balaban J connectivity index is 2.06. The van der Waals surface area contributed by atoms with Crippen LogP contribution in [0.5, 0.6) is 5.88 Å². The highest BCUT2D eigenvalue weighted by Gasteiger charge is 2.13. The van der Waals surface area contributed by atoms with Gasteiger partial charge in [-0.25, -0.2) is 4.98 Å². The summed E-state index contributed by atoms with van der Waals surface area (Å²) in [5, 5.41) is 0. The number of hydrogen-bond donors (Lipinski definition) is 1. The Kier molecular flexibility index (Phi) is 2.60. The second kappa shape index (κ2) is 4.27. The summed E-state index contributed by atoms with van der Waals surface area (Å²) in [6, 6.07) is 7.91. The monoisotopic (exact) mass is 243 g/mol. The van der Waals surface area contributed by atoms with Gasteiger partial charge in [-0.1, -0.05) is 12.1 Å². The van der Waals surface area contributed by atoms with E-state index in [1.807, 2.05) is 6.07 Å². The van der Waals surface area contributed by atoms with Crippen LogP contribution in [0.1, 0.15) is 11.1 Å². The molecule has 1 aromatic heterocycles. The highest BCUT2D eigenvalue weighted by molar-refractivity contribution is 5.63. The number of ether oxygens (including phenoxy) is 2. The highest BCUT2D eigenvalue weighted by atomic mass is 16.5. The molecule has 0 saturated heterocycles. The lowest BCUT2D eigenvalue weighted by molar-refractivity contribution is 0.134. The van der Waals surface area contributed by atoms with Crippen LogP contribution in [0.15, 0.2) is 24.3 Å². The van der Waals surface area contributed by atoms with Gasteiger partial charge in [0.1, 0.15) is 0 Å². The molecule has 0 saturated carbocycles. The summed E-state index contributed by atoms with van der Waals surface area (Å²) in [6.07, 6.45) is 0. The molecule has 0 aliphatic carbocycles. The van der Waals surface area contributed by atoms with Crippen LogP contribution in [0.25, 0.3) is 11.3 Å². The molecular formula is C13H13N3O2. The second-order valence-electron chi connectivity index (χ2n) is 4.13. The van der Waals surface area contributed by atoms with Crippen LogP contribution >= 0.6 is 0 Å². The van der Waals surface area contributed by atoms with Crippen molar-refractivity contribution in [3.8, 4) is 17.1 Å². The number of methoxy groups -OCH3 is 1. The molecule has 2 aromatic rings. The fourth-order valence-electron chi connectivity index (χ4n) is 2.03. The van der Waals surface area contributed by atoms with Crippen molar-refractivity contribution in [1.29, 1.82) is 0 Å². The molecule has 0 spiro atoms. The Bertz CT molecular complexity index is 599. The van der Waals surface area contributed by atoms with E-state index >= 15 is 0 Å². The largest absolute Gasteiger partial charge is 0.481 e. The number of nitrogens with two attached hydrogens (primary N) is 1. The molecule has 0 amide bonds. The average molecular weight is 243 g/mol. The lowest BCUT2D eigenvalue weighted by Crippen LogP contribution is -1.99. The SMILES string of the molecule is COc1cc(-c2ccc3c(c2)COC3)nc(N)n1. The van der Waals surface area contributed by atoms with Gasteiger partial charge in [0.25, 0.3) is 0 Å². The van der Waals surface area contributed by atoms with Gasteiger partial charge in [-0.3, -0.25) is 0 Å². The van der Waals surface area contributed by atoms with Crippen molar-refractivity contribution in [1.82, 2.24) is 9.97 Å². The van der Waals surface area contributed by atoms with Crippen molar-refractivity contribution in [2.24, 2.45) is 0 Å². The van der Waals surface area contributed by atoms with E-state index in [4.69, 9.17) is 15.2 Å². The lowest BCUT2D eigenvalue weighted by Gasteiger charge is -2.06. The Labute approximate surface area is 105 Å². The fourth-order valence-corrected chi connectivity index (χ4v) is 2.03. The molecule has 0 fully saturated rings. The van der Waals surface area contributed by atoms with Crippen LogP contribution < -0.4 is 10.5 Å². The summed E-state index contributed by atoms with van der Waals surface area (Å²) >= 11 is 0. The van der Waals surface area contributed by atoms with E-state index in [0.717, 1.165) is 11.3 Å². The number of benzene rings is 1. The molecule has 1 aliphatic rings. The number of hydrogen-bond acceptors (Lipinski definition) is 5. The normalized spacial score (nSPS) is 13.4. The predicted octanol–water partition coefficient (Wildman–Crippen LogP) is 1.76. The van der Waals surface area contributed by atoms with E-state index in [0.29, 0.717) is 19.1 Å². The smallest absolute Gasteiger partial charge is 0.223 e. The van der Waals surface area contributed by atoms with Crippen LogP contribution in [-0.4, -0.2) is 17.1 Å². The fraction of sp³-hybridized carbons (Fsp3) is 0.231. The first-order valence-electron chi connectivity index (χ1n) is 5.65. The zero-order chi connectivity index (χ0) is 12.5. The minimum atomic E-state index is 0.209. The number of rotatable bonds is 2. The van der Waals surface area contributed by atoms with Crippen molar-refractivity contribution >= 4 is 5.95 Å². The highest BCUT2D eigenvalue weighted by Crippen LogP contribution is 2.27. The van der Waals surface area contributed by atoms with Crippen LogP contribution in [0.2, 0.25) is 0 Å². The number of anilines is 1. The van der Waals surface area contributed by atoms with Gasteiger partial charge in [-0.05, 0) is 17.2 Å². The van der Waals surface area contributed by atoms with Gasteiger partial charge in [0.15, 0.2) is 0 Å². The van der Waals surface area contributed by atoms with Gasteiger partial charge in [-0.2, -0.15) is 4.98 Å². The number of aromatic nitrogens is 2. The third-order valence-electron chi connectivity index (χ3n) is 2.95. The molecule has 18 heavy (non-hydrogen) atoms. The van der Waals surface area contributed by atoms with E-state index in [2.05, 4.69) is 22.1 Å². The maximum atomic E-state index is 5.66. The molecule has 0 atom stereocenters. The molecule has 92 valence electrons. The van der Waals surface area contributed by atoms with E-state index in [-0.39, 0.29) is 5.95 Å². The van der Waals surface area contributed by atoms with E-state index in [1.54, 1.807) is 13.2 Å². The third-order valence-corrected chi connectivity index (χ3v) is 2.95. The Morgan fingerprint density at radius 3 is 2.83 bits per heavy atom. The van der Waals surface area contributed by atoms with Crippen molar-refractivity contribution in [3.63, 3.8) is 0 Å². The predicted molar refractivity (Wildman–Crippen MR) is 66.9 cm³/mol. The molecule has 5 nitrogen and oxygen atoms in total. The van der Waals surface area contributed by atoms with Crippen LogP contribution in [0.4, 0.5) is 5.95 Å². The van der Waals surface area contributed by atoms with E-state index < -0.39 is 0 Å². The average Bonchev–Trinajstić information content (AvgIpc) is 2.85. The zero-order valence-electron chi connectivity index (χ0n) is 10.0. The zero-order valence-corrected chi connectivity index (χ0v) is 10.0. The minimum absolute atomic E-state index is 0.209. The molecule has 1 aromatic carbocycles. The molecule has 2 heterocycles. The van der Waals surface area contributed by atoms with Crippen molar-refractivity contribution in [3.05, 3.63) is 35.4 Å². The summed E-state index contributed by atoms with van der Waals surface area (Å²) in [6.45, 7) is 1.34. The quantitative estimate of drug-likeness (QED) is 0.870. The third kappa shape index (κ3) is 1.89. The Morgan fingerprint density at radius 2 is 2.00 bits per heavy atom. The van der Waals surface area contributed by atoms with Gasteiger partial charge < -0.3 is 15.2 Å². The summed E-state index contributed by atoms with van der Waals surface area (Å²) in [4.78, 5) is 8.19. The number of fused-ring (bicyclic) bond motifs is 1. The van der Waals surface area contributed by atoms with Crippen LogP contribution in [-0.2, 0) is 18.0 Å². The topological polar surface area (TPSA) is 70.3 Å². The first-order valence-corrected chi connectivity index (χ1v) is 5.65. The van der Waals surface area contributed by atoms with Crippen LogP contribution in [0, 0.1) is 0 Å². The van der Waals surface area contributed by atoms with Gasteiger partial charge in [0, 0.05) is 11.6 Å². The van der Waals surface area contributed by atoms with Gasteiger partial charge >= 0.3 is 0 Å². The van der Waals surface area contributed by atoms with Gasteiger partial charge in [0.05, 0.1) is 26.0 Å². The standard InChI is InChI=1S/C13H13N3O2/c1-17-12-5-11(15-13(14)16-12)8-2-3-9-6-18-7-10(9)4-8/h2-5H,6-7H2,1H3,(H2,14,15,16). The first kappa shape index (κ1) is 11.0. The number of nitrogen functional groups attached to an aromatic ring is 1. The summed E-state index contributed by atoms with van der Waals surface area (Å²) in [7, 11) is 1.56. The van der Waals surface area contributed by atoms with Gasteiger partial charge in [-0.15, -0.1) is 0 Å². The maximum Gasteiger partial charge on any atom is 0.223 e. The van der Waals surface area contributed by atoms with Crippen molar-refractivity contribution in [2.45, 2.75) is 13.2 Å². The molecule has 0 radical (unpaired) electrons. The summed E-state index contributed by atoms with van der Waals surface area (Å²) in [5.74, 6) is 0.676. The van der Waals surface area contributed by atoms with E-state index in [9.17, 15) is 0 Å². The molecule has 5 heteroatoms. The second-order valence-corrected chi connectivity index (χ2v) is 4.13. The molecular weight excluding hydrogens is 230 g/mol. The maximum absolute atomic E-state index is 5.66. The summed E-state index contributed by atoms with van der Waals surface area (Å²) in [5.41, 5.74) is 9.84. The number of nitrogens with zero attached hydrogens (tertiary/aromatic N) is 2. The molecule has 0 unspecified atom stereocenters. The van der Waals surface area contributed by atoms with E-state index in [1.165, 1.54) is 11.1 Å². The first-order chi connectivity index (χ1) is 8.76. The molecule has 0 bridgehead atoms. The van der Waals surface area contributed by atoms with Gasteiger partial charge in [0.2, 0.25) is 11.8 Å². The Hall–Kier alpha value is -2.14. The summed E-state index contributed by atoms with van der Waals surface area (Å²) < 4.78 is 10.5. The molecule has 2 N–H and O–H groups in total. The van der Waals surface area contributed by atoms with Crippen molar-refractivity contribution < 1.29 is 9.47 Å². The Morgan fingerprint density at radius 1 is 1.17 bits per heavy atom. The minimum Gasteiger partial charge on any atom is -0.481 e. The lowest BCUT2D eigenvalue weighted by atomic mass is 10.0. The molecule has 3 rings (SSSR count). The van der Waals surface area contributed by atoms with Crippen LogP contribution in [0.3, 0.4) is 0 Å².